The van der Waals surface area contributed by atoms with Crippen LogP contribution in [-0.4, -0.2) is 73.4 Å². The minimum Gasteiger partial charge on any atom is -0.496 e. The third-order valence-electron chi connectivity index (χ3n) is 6.81. The van der Waals surface area contributed by atoms with E-state index in [-0.39, 0.29) is 36.4 Å². The molecular formula is C29H44N4O6. The number of carbonyl (C=O) groups excluding carboxylic acids is 3. The van der Waals surface area contributed by atoms with Crippen molar-refractivity contribution in [2.24, 2.45) is 11.8 Å². The number of methoxy groups -OCH3 is 3. The summed E-state index contributed by atoms with van der Waals surface area (Å²) in [6, 6.07) is 6.86. The molecular weight excluding hydrogens is 500 g/mol. The molecule has 0 spiro atoms. The van der Waals surface area contributed by atoms with E-state index in [9.17, 15) is 14.4 Å². The topological polar surface area (TPSA) is 112 Å². The quantitative estimate of drug-likeness (QED) is 0.335. The normalized spacial score (nSPS) is 11.8. The van der Waals surface area contributed by atoms with Gasteiger partial charge in [0.1, 0.15) is 18.0 Å². The minimum atomic E-state index is -0.502. The molecule has 1 N–H and O–H groups in total. The van der Waals surface area contributed by atoms with Gasteiger partial charge in [-0.25, -0.2) is 0 Å². The maximum Gasteiger partial charge on any atom is 0.325 e. The Morgan fingerprint density at radius 3 is 2.18 bits per heavy atom. The van der Waals surface area contributed by atoms with E-state index in [1.165, 1.54) is 12.0 Å². The van der Waals surface area contributed by atoms with Crippen LogP contribution in [0.3, 0.4) is 0 Å². The van der Waals surface area contributed by atoms with Crippen molar-refractivity contribution in [1.82, 2.24) is 20.0 Å². The fourth-order valence-electron chi connectivity index (χ4n) is 4.50. The van der Waals surface area contributed by atoms with Crippen molar-refractivity contribution >= 4 is 17.8 Å². The highest BCUT2D eigenvalue weighted by Gasteiger charge is 2.26. The van der Waals surface area contributed by atoms with Crippen LogP contribution >= 0.6 is 0 Å². The van der Waals surface area contributed by atoms with Gasteiger partial charge in [-0.2, -0.15) is 5.10 Å². The van der Waals surface area contributed by atoms with Gasteiger partial charge in [-0.05, 0) is 36.5 Å². The molecule has 10 nitrogen and oxygen atoms in total. The van der Waals surface area contributed by atoms with Gasteiger partial charge in [0.05, 0.1) is 32.6 Å². The van der Waals surface area contributed by atoms with Crippen LogP contribution in [0.2, 0.25) is 0 Å². The van der Waals surface area contributed by atoms with Crippen molar-refractivity contribution in [3.05, 3.63) is 30.0 Å². The summed E-state index contributed by atoms with van der Waals surface area (Å²) >= 11 is 0. The number of benzene rings is 1. The monoisotopic (exact) mass is 544 g/mol. The maximum atomic E-state index is 13.5. The number of carbonyl (C=O) groups is 3. The summed E-state index contributed by atoms with van der Waals surface area (Å²) < 4.78 is 17.8. The first-order valence-electron chi connectivity index (χ1n) is 13.5. The lowest BCUT2D eigenvalue weighted by Gasteiger charge is -2.23. The molecule has 2 amide bonds. The van der Waals surface area contributed by atoms with Crippen LogP contribution in [0.15, 0.2) is 24.3 Å². The Balaban J connectivity index is 2.42. The van der Waals surface area contributed by atoms with Gasteiger partial charge in [-0.1, -0.05) is 46.6 Å². The summed E-state index contributed by atoms with van der Waals surface area (Å²) in [6.07, 6.45) is 2.58. The molecule has 10 heteroatoms. The van der Waals surface area contributed by atoms with E-state index in [2.05, 4.69) is 23.9 Å². The highest BCUT2D eigenvalue weighted by Crippen LogP contribution is 2.39. The van der Waals surface area contributed by atoms with E-state index >= 15 is 0 Å². The largest absolute Gasteiger partial charge is 0.496 e. The molecule has 0 aliphatic heterocycles. The van der Waals surface area contributed by atoms with Crippen molar-refractivity contribution in [2.75, 3.05) is 34.9 Å². The van der Waals surface area contributed by atoms with Crippen LogP contribution in [0, 0.1) is 11.8 Å². The molecule has 1 aromatic heterocycles. The standard InChI is InChI=1S/C29H44N4O6/c1-9-20(10-2)17-33-23(28-24(37-6)12-11-13-25(28)38-7)16-22(31-33)29(36)30-21(14-19(3)4)15-26(34)32(5)18-27(35)39-8/h11-13,16,19-21H,9-10,14-15,17-18H2,1-8H3,(H,30,36)/t21-/m0/s1. The number of esters is 1. The molecule has 0 fully saturated rings. The average Bonchev–Trinajstić information content (AvgIpc) is 3.33. The predicted octanol–water partition coefficient (Wildman–Crippen LogP) is 4.17. The van der Waals surface area contributed by atoms with Gasteiger partial charge in [-0.15, -0.1) is 0 Å². The number of nitrogens with one attached hydrogen (secondary N) is 1. The Morgan fingerprint density at radius 1 is 1.05 bits per heavy atom. The number of rotatable bonds is 15. The Hall–Kier alpha value is -3.56. The number of hydrogen-bond acceptors (Lipinski definition) is 7. The Bertz CT molecular complexity index is 1090. The van der Waals surface area contributed by atoms with Crippen molar-refractivity contribution in [3.8, 4) is 22.8 Å². The highest BCUT2D eigenvalue weighted by molar-refractivity contribution is 5.94. The van der Waals surface area contributed by atoms with Gasteiger partial charge in [0.15, 0.2) is 5.69 Å². The van der Waals surface area contributed by atoms with Crippen molar-refractivity contribution in [3.63, 3.8) is 0 Å². The lowest BCUT2D eigenvalue weighted by Crippen LogP contribution is -2.41. The van der Waals surface area contributed by atoms with Crippen molar-refractivity contribution in [1.29, 1.82) is 0 Å². The fourth-order valence-corrected chi connectivity index (χ4v) is 4.50. The first-order chi connectivity index (χ1) is 18.6. The van der Waals surface area contributed by atoms with E-state index in [0.29, 0.717) is 30.4 Å². The zero-order chi connectivity index (χ0) is 29.1. The SMILES string of the molecule is CCC(CC)Cn1nc(C(=O)N[C@H](CC(=O)N(C)CC(=O)OC)CC(C)C)cc1-c1c(OC)cccc1OC. The number of aromatic nitrogens is 2. The summed E-state index contributed by atoms with van der Waals surface area (Å²) in [5, 5.41) is 7.71. The van der Waals surface area contributed by atoms with Crippen LogP contribution in [0.25, 0.3) is 11.3 Å². The summed E-state index contributed by atoms with van der Waals surface area (Å²) in [4.78, 5) is 39.2. The van der Waals surface area contributed by atoms with Gasteiger partial charge >= 0.3 is 5.97 Å². The fraction of sp³-hybridized carbons (Fsp3) is 0.586. The number of ether oxygens (including phenoxy) is 3. The summed E-state index contributed by atoms with van der Waals surface area (Å²) in [5.74, 6) is 0.699. The van der Waals surface area contributed by atoms with E-state index < -0.39 is 12.0 Å². The van der Waals surface area contributed by atoms with Crippen LogP contribution in [0.1, 0.15) is 63.9 Å². The predicted molar refractivity (Wildman–Crippen MR) is 150 cm³/mol. The number of nitrogens with zero attached hydrogens (tertiary/aromatic N) is 3. The molecule has 0 aliphatic carbocycles. The van der Waals surface area contributed by atoms with Gasteiger partial charge in [0, 0.05) is 26.1 Å². The van der Waals surface area contributed by atoms with E-state index in [1.807, 2.05) is 36.7 Å². The first-order valence-corrected chi connectivity index (χ1v) is 13.5. The molecule has 0 unspecified atom stereocenters. The highest BCUT2D eigenvalue weighted by atomic mass is 16.5. The molecule has 1 aromatic carbocycles. The minimum absolute atomic E-state index is 0.0546. The first kappa shape index (κ1) is 31.7. The van der Waals surface area contributed by atoms with E-state index in [0.717, 1.165) is 24.1 Å². The summed E-state index contributed by atoms with van der Waals surface area (Å²) in [5.41, 5.74) is 1.68. The van der Waals surface area contributed by atoms with Crippen LogP contribution in [-0.2, 0) is 20.9 Å². The lowest BCUT2D eigenvalue weighted by molar-refractivity contribution is -0.146. The number of likely N-dealkylation sites (N-methyl/N-ethyl adjacent to an activating group) is 1. The Labute approximate surface area is 232 Å². The van der Waals surface area contributed by atoms with Crippen LogP contribution < -0.4 is 14.8 Å². The van der Waals surface area contributed by atoms with Gasteiger partial charge < -0.3 is 24.4 Å². The maximum absolute atomic E-state index is 13.5. The van der Waals surface area contributed by atoms with Crippen LogP contribution in [0.4, 0.5) is 0 Å². The molecule has 216 valence electrons. The molecule has 0 saturated heterocycles. The van der Waals surface area contributed by atoms with E-state index in [4.69, 9.17) is 14.6 Å². The summed E-state index contributed by atoms with van der Waals surface area (Å²) in [7, 11) is 6.01. The Kier molecular flexibility index (Phi) is 12.3. The van der Waals surface area contributed by atoms with Crippen molar-refractivity contribution in [2.45, 2.75) is 66.0 Å². The lowest BCUT2D eigenvalue weighted by atomic mass is 10.00. The molecule has 1 heterocycles. The van der Waals surface area contributed by atoms with Gasteiger partial charge in [-0.3, -0.25) is 19.1 Å². The molecule has 0 radical (unpaired) electrons. The average molecular weight is 545 g/mol. The molecule has 2 aromatic rings. The number of amides is 2. The molecule has 39 heavy (non-hydrogen) atoms. The van der Waals surface area contributed by atoms with E-state index in [1.54, 1.807) is 27.3 Å². The third kappa shape index (κ3) is 8.73. The smallest absolute Gasteiger partial charge is 0.325 e. The molecule has 0 aliphatic rings. The third-order valence-corrected chi connectivity index (χ3v) is 6.81. The molecule has 0 saturated carbocycles. The molecule has 0 bridgehead atoms. The Morgan fingerprint density at radius 2 is 1.67 bits per heavy atom. The second-order valence-electron chi connectivity index (χ2n) is 10.1. The van der Waals surface area contributed by atoms with Gasteiger partial charge in [0.2, 0.25) is 5.91 Å². The number of hydrogen-bond donors (Lipinski definition) is 1. The van der Waals surface area contributed by atoms with Gasteiger partial charge in [0.25, 0.3) is 5.91 Å². The zero-order valence-electron chi connectivity index (χ0n) is 24.6. The molecule has 2 rings (SSSR count). The van der Waals surface area contributed by atoms with Crippen molar-refractivity contribution < 1.29 is 28.6 Å². The molecule has 1 atom stereocenters. The second kappa shape index (κ2) is 15.1. The zero-order valence-corrected chi connectivity index (χ0v) is 24.6. The van der Waals surface area contributed by atoms with Crippen LogP contribution in [0.5, 0.6) is 11.5 Å². The second-order valence-corrected chi connectivity index (χ2v) is 10.1. The summed E-state index contributed by atoms with van der Waals surface area (Å²) in [6.45, 7) is 8.81.